The summed E-state index contributed by atoms with van der Waals surface area (Å²) in [5.74, 6) is 0.315. The van der Waals surface area contributed by atoms with Gasteiger partial charge in [-0.05, 0) is 21.9 Å². The van der Waals surface area contributed by atoms with Crippen molar-refractivity contribution in [3.05, 3.63) is 41.7 Å². The van der Waals surface area contributed by atoms with Crippen molar-refractivity contribution in [2.75, 3.05) is 0 Å². The maximum atomic E-state index is 10.8. The van der Waals surface area contributed by atoms with Gasteiger partial charge in [0.15, 0.2) is 5.82 Å². The van der Waals surface area contributed by atoms with E-state index in [-0.39, 0.29) is 18.9 Å². The minimum Gasteiger partial charge on any atom is -0.481 e. The molecule has 112 valence electrons. The summed E-state index contributed by atoms with van der Waals surface area (Å²) in [7, 11) is 0. The fraction of sp³-hybridized carbons (Fsp3) is 0.467. The largest absolute Gasteiger partial charge is 0.481 e. The van der Waals surface area contributed by atoms with Gasteiger partial charge in [-0.3, -0.25) is 4.79 Å². The summed E-state index contributed by atoms with van der Waals surface area (Å²) in [5, 5.41) is 20.7. The van der Waals surface area contributed by atoms with Gasteiger partial charge in [0.1, 0.15) is 0 Å². The molecule has 6 nitrogen and oxygen atoms in total. The molecular weight excluding hydrogens is 268 g/mol. The van der Waals surface area contributed by atoms with Crippen molar-refractivity contribution in [1.29, 1.82) is 0 Å². The average molecular weight is 288 g/mol. The van der Waals surface area contributed by atoms with Crippen LogP contribution >= 0.6 is 0 Å². The maximum Gasteiger partial charge on any atom is 0.305 e. The van der Waals surface area contributed by atoms with Crippen molar-refractivity contribution in [2.24, 2.45) is 5.92 Å². The minimum absolute atomic E-state index is 0.0139. The van der Waals surface area contributed by atoms with Gasteiger partial charge < -0.3 is 5.11 Å². The van der Waals surface area contributed by atoms with Crippen molar-refractivity contribution in [3.8, 4) is 0 Å². The molecule has 2 atom stereocenters. The summed E-state index contributed by atoms with van der Waals surface area (Å²) in [6, 6.07) is 10.1. The minimum atomic E-state index is -0.851. The Hall–Kier alpha value is -2.24. The number of hydrogen-bond donors (Lipinski definition) is 1. The summed E-state index contributed by atoms with van der Waals surface area (Å²) < 4.78 is 1.61. The zero-order valence-electron chi connectivity index (χ0n) is 12.3. The molecule has 0 bridgehead atoms. The van der Waals surface area contributed by atoms with Gasteiger partial charge in [-0.15, -0.1) is 5.10 Å². The van der Waals surface area contributed by atoms with Crippen LogP contribution in [0.5, 0.6) is 0 Å². The Morgan fingerprint density at radius 1 is 1.33 bits per heavy atom. The highest BCUT2D eigenvalue weighted by atomic mass is 16.4. The van der Waals surface area contributed by atoms with Crippen LogP contribution in [0.2, 0.25) is 0 Å². The Labute approximate surface area is 123 Å². The molecule has 1 heterocycles. The van der Waals surface area contributed by atoms with E-state index in [1.54, 1.807) is 4.68 Å². The number of carboxylic acids is 1. The Morgan fingerprint density at radius 3 is 2.67 bits per heavy atom. The summed E-state index contributed by atoms with van der Waals surface area (Å²) >= 11 is 0. The fourth-order valence-corrected chi connectivity index (χ4v) is 2.42. The first-order valence-corrected chi connectivity index (χ1v) is 7.16. The highest BCUT2D eigenvalue weighted by molar-refractivity contribution is 5.66. The first-order valence-electron chi connectivity index (χ1n) is 7.16. The molecule has 0 amide bonds. The monoisotopic (exact) mass is 288 g/mol. The van der Waals surface area contributed by atoms with Crippen LogP contribution in [0.3, 0.4) is 0 Å². The number of aryl methyl sites for hydroxylation is 1. The second kappa shape index (κ2) is 6.97. The van der Waals surface area contributed by atoms with Crippen LogP contribution in [0.15, 0.2) is 30.3 Å². The van der Waals surface area contributed by atoms with Crippen molar-refractivity contribution >= 4 is 5.97 Å². The Kier molecular flexibility index (Phi) is 5.03. The van der Waals surface area contributed by atoms with Crippen LogP contribution in [0.1, 0.15) is 44.0 Å². The third kappa shape index (κ3) is 3.65. The molecule has 0 saturated carbocycles. The number of carbonyl (C=O) groups is 1. The molecule has 2 rings (SSSR count). The topological polar surface area (TPSA) is 80.9 Å². The molecule has 1 aromatic carbocycles. The van der Waals surface area contributed by atoms with Crippen LogP contribution < -0.4 is 0 Å². The number of hydrogen-bond acceptors (Lipinski definition) is 4. The molecule has 1 N–H and O–H groups in total. The molecule has 2 unspecified atom stereocenters. The summed E-state index contributed by atoms with van der Waals surface area (Å²) in [6.07, 6.45) is 1.01. The third-order valence-electron chi connectivity index (χ3n) is 3.75. The quantitative estimate of drug-likeness (QED) is 0.845. The van der Waals surface area contributed by atoms with Gasteiger partial charge >= 0.3 is 5.97 Å². The van der Waals surface area contributed by atoms with Gasteiger partial charge in [0.05, 0.1) is 13.0 Å². The van der Waals surface area contributed by atoms with Crippen LogP contribution in [0.4, 0.5) is 0 Å². The second-order valence-corrected chi connectivity index (χ2v) is 5.18. The Balaban J connectivity index is 2.34. The van der Waals surface area contributed by atoms with Gasteiger partial charge in [-0.2, -0.15) is 0 Å². The highest BCUT2D eigenvalue weighted by Gasteiger charge is 2.26. The smallest absolute Gasteiger partial charge is 0.305 e. The molecule has 0 fully saturated rings. The molecule has 2 aromatic rings. The Morgan fingerprint density at radius 2 is 2.05 bits per heavy atom. The number of benzene rings is 1. The first kappa shape index (κ1) is 15.2. The predicted octanol–water partition coefficient (Wildman–Crippen LogP) is 2.33. The number of tetrazole rings is 1. The molecule has 0 saturated heterocycles. The normalized spacial score (nSPS) is 13.8. The van der Waals surface area contributed by atoms with E-state index in [4.69, 9.17) is 5.11 Å². The molecule has 0 radical (unpaired) electrons. The van der Waals surface area contributed by atoms with Gasteiger partial charge in [-0.25, -0.2) is 4.68 Å². The van der Waals surface area contributed by atoms with E-state index < -0.39 is 5.97 Å². The molecule has 0 spiro atoms. The lowest BCUT2D eigenvalue weighted by Crippen LogP contribution is -2.18. The molecule has 6 heteroatoms. The van der Waals surface area contributed by atoms with E-state index >= 15 is 0 Å². The zero-order chi connectivity index (χ0) is 15.2. The van der Waals surface area contributed by atoms with Crippen LogP contribution in [-0.4, -0.2) is 31.3 Å². The van der Waals surface area contributed by atoms with E-state index in [0.29, 0.717) is 5.92 Å². The number of rotatable bonds is 7. The van der Waals surface area contributed by atoms with Crippen molar-refractivity contribution in [3.63, 3.8) is 0 Å². The van der Waals surface area contributed by atoms with Gasteiger partial charge in [0.2, 0.25) is 0 Å². The third-order valence-corrected chi connectivity index (χ3v) is 3.75. The fourth-order valence-electron chi connectivity index (χ4n) is 2.42. The zero-order valence-corrected chi connectivity index (χ0v) is 12.3. The lowest BCUT2D eigenvalue weighted by molar-refractivity contribution is -0.137. The first-order chi connectivity index (χ1) is 10.1. The van der Waals surface area contributed by atoms with E-state index in [2.05, 4.69) is 41.5 Å². The summed E-state index contributed by atoms with van der Waals surface area (Å²) in [6.45, 7) is 4.58. The maximum absolute atomic E-state index is 10.8. The van der Waals surface area contributed by atoms with E-state index in [1.165, 1.54) is 0 Å². The number of carboxylic acid groups (broad SMARTS) is 1. The SMILES string of the molecule is CCC(C)C(c1ccccc1)c1nnnn1CCC(=O)O. The molecule has 21 heavy (non-hydrogen) atoms. The van der Waals surface area contributed by atoms with E-state index in [1.807, 2.05) is 18.2 Å². The van der Waals surface area contributed by atoms with Gasteiger partial charge in [0.25, 0.3) is 0 Å². The highest BCUT2D eigenvalue weighted by Crippen LogP contribution is 2.32. The van der Waals surface area contributed by atoms with E-state index in [9.17, 15) is 4.79 Å². The standard InChI is InChI=1S/C15H20N4O2/c1-3-11(2)14(12-7-5-4-6-8-12)15-16-17-18-19(15)10-9-13(20)21/h4-8,11,14H,3,9-10H2,1-2H3,(H,20,21). The van der Waals surface area contributed by atoms with Crippen LogP contribution in [-0.2, 0) is 11.3 Å². The number of nitrogens with zero attached hydrogens (tertiary/aromatic N) is 4. The van der Waals surface area contributed by atoms with E-state index in [0.717, 1.165) is 17.8 Å². The second-order valence-electron chi connectivity index (χ2n) is 5.18. The molecule has 0 aliphatic heterocycles. The Bertz CT molecular complexity index is 582. The number of aliphatic carboxylic acids is 1. The molecule has 1 aromatic heterocycles. The predicted molar refractivity (Wildman–Crippen MR) is 77.8 cm³/mol. The molecular formula is C15H20N4O2. The van der Waals surface area contributed by atoms with Crippen LogP contribution in [0.25, 0.3) is 0 Å². The lowest BCUT2D eigenvalue weighted by atomic mass is 9.85. The molecule has 0 aliphatic carbocycles. The van der Waals surface area contributed by atoms with Gasteiger partial charge in [-0.1, -0.05) is 50.6 Å². The lowest BCUT2D eigenvalue weighted by Gasteiger charge is -2.22. The van der Waals surface area contributed by atoms with Crippen molar-refractivity contribution < 1.29 is 9.90 Å². The number of aromatic nitrogens is 4. The van der Waals surface area contributed by atoms with Gasteiger partial charge in [0, 0.05) is 5.92 Å². The summed E-state index contributed by atoms with van der Waals surface area (Å²) in [4.78, 5) is 10.8. The van der Waals surface area contributed by atoms with Crippen LogP contribution in [0, 0.1) is 5.92 Å². The molecule has 0 aliphatic rings. The van der Waals surface area contributed by atoms with Crippen molar-refractivity contribution in [2.45, 2.75) is 39.2 Å². The average Bonchev–Trinajstić information content (AvgIpc) is 2.94. The van der Waals surface area contributed by atoms with Crippen molar-refractivity contribution in [1.82, 2.24) is 20.2 Å². The summed E-state index contributed by atoms with van der Waals surface area (Å²) in [5.41, 5.74) is 1.15.